The Bertz CT molecular complexity index is 1020. The van der Waals surface area contributed by atoms with Crippen LogP contribution in [0.1, 0.15) is 32.8 Å². The number of aromatic nitrogens is 2. The number of hydrogen-bond acceptors (Lipinski definition) is 1. The van der Waals surface area contributed by atoms with E-state index in [1.807, 2.05) is 12.1 Å². The minimum Gasteiger partial charge on any atom is -0.292 e. The van der Waals surface area contributed by atoms with E-state index in [1.165, 1.54) is 5.56 Å². The maximum atomic E-state index is 4.93. The predicted molar refractivity (Wildman–Crippen MR) is 110 cm³/mol. The van der Waals surface area contributed by atoms with Crippen LogP contribution in [0.3, 0.4) is 0 Å². The van der Waals surface area contributed by atoms with Gasteiger partial charge >= 0.3 is 0 Å². The Balaban J connectivity index is 1.89. The first-order valence-electron chi connectivity index (χ1n) is 9.24. The van der Waals surface area contributed by atoms with Crippen molar-refractivity contribution in [2.45, 2.75) is 32.6 Å². The van der Waals surface area contributed by atoms with Crippen LogP contribution in [0, 0.1) is 0 Å². The Morgan fingerprint density at radius 1 is 0.808 bits per heavy atom. The third-order valence-electron chi connectivity index (χ3n) is 5.38. The number of para-hydroxylation sites is 3. The Kier molecular flexibility index (Phi) is 4.12. The molecule has 4 rings (SSSR count). The minimum atomic E-state index is 0.193. The van der Waals surface area contributed by atoms with Crippen molar-refractivity contribution in [3.63, 3.8) is 0 Å². The van der Waals surface area contributed by atoms with E-state index >= 15 is 0 Å². The van der Waals surface area contributed by atoms with Crippen molar-refractivity contribution in [1.29, 1.82) is 0 Å². The lowest BCUT2D eigenvalue weighted by Crippen LogP contribution is -2.15. The van der Waals surface area contributed by atoms with E-state index in [4.69, 9.17) is 4.98 Å². The van der Waals surface area contributed by atoms with Crippen LogP contribution in [0.15, 0.2) is 78.9 Å². The highest BCUT2D eigenvalue weighted by Crippen LogP contribution is 2.31. The van der Waals surface area contributed by atoms with E-state index in [2.05, 4.69) is 92.1 Å². The topological polar surface area (TPSA) is 17.8 Å². The second-order valence-corrected chi connectivity index (χ2v) is 7.41. The van der Waals surface area contributed by atoms with Gasteiger partial charge in [0.05, 0.1) is 11.0 Å². The van der Waals surface area contributed by atoms with Gasteiger partial charge < -0.3 is 0 Å². The summed E-state index contributed by atoms with van der Waals surface area (Å²) in [6, 6.07) is 27.7. The van der Waals surface area contributed by atoms with Crippen molar-refractivity contribution < 1.29 is 0 Å². The van der Waals surface area contributed by atoms with Gasteiger partial charge in [-0.15, -0.1) is 0 Å². The van der Waals surface area contributed by atoms with Gasteiger partial charge in [-0.2, -0.15) is 0 Å². The largest absolute Gasteiger partial charge is 0.292 e. The molecule has 0 fully saturated rings. The first-order valence-corrected chi connectivity index (χ1v) is 9.24. The number of rotatable bonds is 4. The lowest BCUT2D eigenvalue weighted by atomic mass is 9.82. The second kappa shape index (κ2) is 6.45. The summed E-state index contributed by atoms with van der Waals surface area (Å²) in [4.78, 5) is 4.93. The SMILES string of the molecule is CCC(C)(C)c1ccc(-c2nc3ccccc3n2-c2ccccc2)cc1. The molecule has 1 aromatic heterocycles. The summed E-state index contributed by atoms with van der Waals surface area (Å²) in [7, 11) is 0. The second-order valence-electron chi connectivity index (χ2n) is 7.41. The van der Waals surface area contributed by atoms with Crippen LogP contribution in [0.2, 0.25) is 0 Å². The lowest BCUT2D eigenvalue weighted by molar-refractivity contribution is 0.506. The van der Waals surface area contributed by atoms with E-state index < -0.39 is 0 Å². The van der Waals surface area contributed by atoms with Crippen molar-refractivity contribution in [2.24, 2.45) is 0 Å². The molecule has 0 bridgehead atoms. The molecule has 4 aromatic rings. The van der Waals surface area contributed by atoms with Crippen LogP contribution >= 0.6 is 0 Å². The van der Waals surface area contributed by atoms with E-state index in [9.17, 15) is 0 Å². The van der Waals surface area contributed by atoms with Crippen LogP contribution in [0.5, 0.6) is 0 Å². The maximum absolute atomic E-state index is 4.93. The Hall–Kier alpha value is -2.87. The third-order valence-corrected chi connectivity index (χ3v) is 5.38. The van der Waals surface area contributed by atoms with Gasteiger partial charge in [-0.25, -0.2) is 4.98 Å². The highest BCUT2D eigenvalue weighted by atomic mass is 15.1. The van der Waals surface area contributed by atoms with Gasteiger partial charge in [0.1, 0.15) is 5.82 Å². The zero-order valence-corrected chi connectivity index (χ0v) is 15.6. The molecule has 0 radical (unpaired) electrons. The molecule has 0 atom stereocenters. The van der Waals surface area contributed by atoms with E-state index in [0.29, 0.717) is 0 Å². The van der Waals surface area contributed by atoms with Crippen LogP contribution in [0.4, 0.5) is 0 Å². The Labute approximate surface area is 155 Å². The molecule has 0 aliphatic carbocycles. The van der Waals surface area contributed by atoms with Gasteiger partial charge in [0, 0.05) is 11.3 Å². The molecular formula is C24H24N2. The molecular weight excluding hydrogens is 316 g/mol. The zero-order valence-electron chi connectivity index (χ0n) is 15.6. The number of hydrogen-bond donors (Lipinski definition) is 0. The van der Waals surface area contributed by atoms with Crippen molar-refractivity contribution in [1.82, 2.24) is 9.55 Å². The first-order chi connectivity index (χ1) is 12.6. The average Bonchev–Trinajstić information content (AvgIpc) is 3.08. The molecule has 0 saturated carbocycles. The standard InChI is InChI=1S/C24H24N2/c1-4-24(2,3)19-16-14-18(15-17-19)23-25-21-12-8-9-13-22(21)26(23)20-10-6-5-7-11-20/h5-17H,4H2,1-3H3. The molecule has 2 heteroatoms. The van der Waals surface area contributed by atoms with Gasteiger partial charge in [0.2, 0.25) is 0 Å². The van der Waals surface area contributed by atoms with E-state index in [-0.39, 0.29) is 5.41 Å². The maximum Gasteiger partial charge on any atom is 0.145 e. The summed E-state index contributed by atoms with van der Waals surface area (Å²) < 4.78 is 2.25. The first kappa shape index (κ1) is 16.6. The summed E-state index contributed by atoms with van der Waals surface area (Å²) in [6.07, 6.45) is 1.12. The molecule has 0 N–H and O–H groups in total. The lowest BCUT2D eigenvalue weighted by Gasteiger charge is -2.23. The molecule has 0 unspecified atom stereocenters. The molecule has 3 aromatic carbocycles. The van der Waals surface area contributed by atoms with Gasteiger partial charge in [-0.3, -0.25) is 4.57 Å². The highest BCUT2D eigenvalue weighted by Gasteiger charge is 2.19. The fourth-order valence-corrected chi connectivity index (χ4v) is 3.33. The molecule has 0 amide bonds. The quantitative estimate of drug-likeness (QED) is 0.421. The third kappa shape index (κ3) is 2.82. The Morgan fingerprint density at radius 2 is 1.46 bits per heavy atom. The predicted octanol–water partition coefficient (Wildman–Crippen LogP) is 6.38. The van der Waals surface area contributed by atoms with Gasteiger partial charge in [0.25, 0.3) is 0 Å². The Morgan fingerprint density at radius 3 is 2.15 bits per heavy atom. The summed E-state index contributed by atoms with van der Waals surface area (Å²) in [6.45, 7) is 6.82. The number of nitrogens with zero attached hydrogens (tertiary/aromatic N) is 2. The van der Waals surface area contributed by atoms with Crippen LogP contribution in [-0.2, 0) is 5.41 Å². The minimum absolute atomic E-state index is 0.193. The smallest absolute Gasteiger partial charge is 0.145 e. The molecule has 130 valence electrons. The molecule has 2 nitrogen and oxygen atoms in total. The number of benzene rings is 3. The fraction of sp³-hybridized carbons (Fsp3) is 0.208. The van der Waals surface area contributed by atoms with E-state index in [0.717, 1.165) is 34.5 Å². The average molecular weight is 340 g/mol. The van der Waals surface area contributed by atoms with Crippen molar-refractivity contribution in [2.75, 3.05) is 0 Å². The number of imidazole rings is 1. The highest BCUT2D eigenvalue weighted by molar-refractivity contribution is 5.83. The summed E-state index contributed by atoms with van der Waals surface area (Å²) in [5.41, 5.74) is 5.98. The molecule has 1 heterocycles. The van der Waals surface area contributed by atoms with Crippen LogP contribution in [-0.4, -0.2) is 9.55 Å². The normalized spacial score (nSPS) is 11.8. The summed E-state index contributed by atoms with van der Waals surface area (Å²) >= 11 is 0. The molecule has 0 aliphatic rings. The van der Waals surface area contributed by atoms with Crippen molar-refractivity contribution in [3.05, 3.63) is 84.4 Å². The molecule has 26 heavy (non-hydrogen) atoms. The number of fused-ring (bicyclic) bond motifs is 1. The van der Waals surface area contributed by atoms with E-state index in [1.54, 1.807) is 0 Å². The molecule has 0 spiro atoms. The van der Waals surface area contributed by atoms with Crippen molar-refractivity contribution in [3.8, 4) is 17.1 Å². The van der Waals surface area contributed by atoms with Crippen molar-refractivity contribution >= 4 is 11.0 Å². The van der Waals surface area contributed by atoms with Gasteiger partial charge in [0.15, 0.2) is 0 Å². The zero-order chi connectivity index (χ0) is 18.1. The van der Waals surface area contributed by atoms with Crippen LogP contribution < -0.4 is 0 Å². The monoisotopic (exact) mass is 340 g/mol. The molecule has 0 aliphatic heterocycles. The van der Waals surface area contributed by atoms with Crippen LogP contribution in [0.25, 0.3) is 28.1 Å². The van der Waals surface area contributed by atoms with Gasteiger partial charge in [-0.1, -0.05) is 75.4 Å². The summed E-state index contributed by atoms with van der Waals surface area (Å²) in [5.74, 6) is 0.984. The molecule has 0 saturated heterocycles. The fourth-order valence-electron chi connectivity index (χ4n) is 3.33. The van der Waals surface area contributed by atoms with Gasteiger partial charge in [-0.05, 0) is 41.7 Å². The summed E-state index contributed by atoms with van der Waals surface area (Å²) in [5, 5.41) is 0.